The second-order valence-electron chi connectivity index (χ2n) is 9.14. The van der Waals surface area contributed by atoms with Crippen LogP contribution in [0.25, 0.3) is 11.0 Å². The summed E-state index contributed by atoms with van der Waals surface area (Å²) >= 11 is 0. The maximum Gasteiger partial charge on any atom is 0.317 e. The molecular formula is C26H33N5O. The summed E-state index contributed by atoms with van der Waals surface area (Å²) in [6.45, 7) is 4.94. The first kappa shape index (κ1) is 21.0. The predicted octanol–water partition coefficient (Wildman–Crippen LogP) is 4.24. The first-order chi connectivity index (χ1) is 15.8. The number of carbonyl (C=O) groups excluding carboxylic acids is 1. The van der Waals surface area contributed by atoms with Crippen LogP contribution in [0.15, 0.2) is 54.6 Å². The van der Waals surface area contributed by atoms with Crippen molar-refractivity contribution in [3.8, 4) is 0 Å². The van der Waals surface area contributed by atoms with Crippen molar-refractivity contribution >= 4 is 17.1 Å². The van der Waals surface area contributed by atoms with Gasteiger partial charge in [-0.15, -0.1) is 0 Å². The lowest BCUT2D eigenvalue weighted by molar-refractivity contribution is 0.129. The maximum absolute atomic E-state index is 12.7. The summed E-state index contributed by atoms with van der Waals surface area (Å²) in [5.74, 6) is 1.09. The molecule has 1 N–H and O–H groups in total. The highest BCUT2D eigenvalue weighted by atomic mass is 16.2. The number of amides is 2. The maximum atomic E-state index is 12.7. The van der Waals surface area contributed by atoms with Gasteiger partial charge < -0.3 is 14.8 Å². The SMILES string of the molecule is O=C(NC1CCCCC1)N1CCN(Cc2nc3ccccc3n2Cc2ccccc2)CC1. The average molecular weight is 432 g/mol. The highest BCUT2D eigenvalue weighted by Crippen LogP contribution is 2.21. The molecule has 1 saturated heterocycles. The van der Waals surface area contributed by atoms with Crippen molar-refractivity contribution < 1.29 is 4.79 Å². The average Bonchev–Trinajstić information content (AvgIpc) is 3.17. The number of hydrogen-bond donors (Lipinski definition) is 1. The first-order valence-electron chi connectivity index (χ1n) is 12.0. The van der Waals surface area contributed by atoms with E-state index in [9.17, 15) is 4.79 Å². The lowest BCUT2D eigenvalue weighted by atomic mass is 9.96. The molecule has 2 fully saturated rings. The lowest BCUT2D eigenvalue weighted by Gasteiger charge is -2.35. The van der Waals surface area contributed by atoms with Gasteiger partial charge in [-0.05, 0) is 30.5 Å². The zero-order valence-corrected chi connectivity index (χ0v) is 18.7. The van der Waals surface area contributed by atoms with Crippen LogP contribution in [0.4, 0.5) is 4.79 Å². The van der Waals surface area contributed by atoms with Gasteiger partial charge >= 0.3 is 6.03 Å². The molecule has 0 radical (unpaired) electrons. The Bertz CT molecular complexity index is 1030. The van der Waals surface area contributed by atoms with Crippen LogP contribution in [-0.4, -0.2) is 57.6 Å². The number of nitrogens with zero attached hydrogens (tertiary/aromatic N) is 4. The van der Waals surface area contributed by atoms with Crippen molar-refractivity contribution in [3.63, 3.8) is 0 Å². The molecule has 2 aromatic carbocycles. The van der Waals surface area contributed by atoms with Crippen LogP contribution in [-0.2, 0) is 13.1 Å². The predicted molar refractivity (Wildman–Crippen MR) is 128 cm³/mol. The molecular weight excluding hydrogens is 398 g/mol. The summed E-state index contributed by atoms with van der Waals surface area (Å²) in [6, 6.07) is 19.4. The fraction of sp³-hybridized carbons (Fsp3) is 0.462. The Morgan fingerprint density at radius 1 is 0.875 bits per heavy atom. The van der Waals surface area contributed by atoms with Gasteiger partial charge in [0.15, 0.2) is 0 Å². The summed E-state index contributed by atoms with van der Waals surface area (Å²) in [5, 5.41) is 3.26. The molecule has 5 rings (SSSR count). The Balaban J connectivity index is 1.23. The molecule has 1 aliphatic heterocycles. The van der Waals surface area contributed by atoms with Gasteiger partial charge in [0.1, 0.15) is 5.82 Å². The van der Waals surface area contributed by atoms with Crippen LogP contribution in [0.5, 0.6) is 0 Å². The number of carbonyl (C=O) groups is 1. The molecule has 3 aromatic rings. The first-order valence-corrected chi connectivity index (χ1v) is 12.0. The second-order valence-corrected chi connectivity index (χ2v) is 9.14. The van der Waals surface area contributed by atoms with Crippen LogP contribution in [0.2, 0.25) is 0 Å². The van der Waals surface area contributed by atoms with E-state index in [1.807, 2.05) is 4.90 Å². The van der Waals surface area contributed by atoms with Crippen LogP contribution in [0, 0.1) is 0 Å². The third kappa shape index (κ3) is 4.80. The fourth-order valence-electron chi connectivity index (χ4n) is 5.01. The summed E-state index contributed by atoms with van der Waals surface area (Å²) < 4.78 is 2.34. The van der Waals surface area contributed by atoms with E-state index in [4.69, 9.17) is 4.98 Å². The molecule has 32 heavy (non-hydrogen) atoms. The minimum absolute atomic E-state index is 0.118. The normalized spacial score (nSPS) is 18.2. The Hall–Kier alpha value is -2.86. The number of fused-ring (bicyclic) bond motifs is 1. The summed E-state index contributed by atoms with van der Waals surface area (Å²) in [6.07, 6.45) is 6.04. The van der Waals surface area contributed by atoms with E-state index in [2.05, 4.69) is 69.4 Å². The van der Waals surface area contributed by atoms with Gasteiger partial charge in [0.2, 0.25) is 0 Å². The molecule has 0 spiro atoms. The number of nitrogens with one attached hydrogen (secondary N) is 1. The summed E-state index contributed by atoms with van der Waals surface area (Å²) in [4.78, 5) is 22.1. The Morgan fingerprint density at radius 2 is 1.59 bits per heavy atom. The lowest BCUT2D eigenvalue weighted by Crippen LogP contribution is -2.53. The van der Waals surface area contributed by atoms with Crippen LogP contribution in [0.3, 0.4) is 0 Å². The van der Waals surface area contributed by atoms with Crippen molar-refractivity contribution in [2.75, 3.05) is 26.2 Å². The minimum Gasteiger partial charge on any atom is -0.335 e. The second kappa shape index (κ2) is 9.74. The van der Waals surface area contributed by atoms with Crippen molar-refractivity contribution in [3.05, 3.63) is 66.0 Å². The molecule has 6 heteroatoms. The molecule has 168 valence electrons. The van der Waals surface area contributed by atoms with Gasteiger partial charge in [-0.1, -0.05) is 61.7 Å². The van der Waals surface area contributed by atoms with Crippen molar-refractivity contribution in [1.29, 1.82) is 0 Å². The van der Waals surface area contributed by atoms with E-state index in [0.717, 1.165) is 63.5 Å². The number of aromatic nitrogens is 2. The minimum atomic E-state index is 0.118. The van der Waals surface area contributed by atoms with Crippen LogP contribution < -0.4 is 5.32 Å². The Morgan fingerprint density at radius 3 is 2.38 bits per heavy atom. The van der Waals surface area contributed by atoms with Crippen molar-refractivity contribution in [1.82, 2.24) is 24.7 Å². The number of imidazole rings is 1. The Kier molecular flexibility index (Phi) is 6.39. The largest absolute Gasteiger partial charge is 0.335 e. The van der Waals surface area contributed by atoms with E-state index in [1.54, 1.807) is 0 Å². The van der Waals surface area contributed by atoms with Crippen LogP contribution in [0.1, 0.15) is 43.5 Å². The van der Waals surface area contributed by atoms with Gasteiger partial charge in [-0.3, -0.25) is 4.90 Å². The zero-order valence-electron chi connectivity index (χ0n) is 18.7. The number of benzene rings is 2. The Labute approximate surface area is 190 Å². The van der Waals surface area contributed by atoms with E-state index >= 15 is 0 Å². The fourth-order valence-corrected chi connectivity index (χ4v) is 5.01. The monoisotopic (exact) mass is 431 g/mol. The van der Waals surface area contributed by atoms with Gasteiger partial charge in [-0.25, -0.2) is 9.78 Å². The number of piperazine rings is 1. The highest BCUT2D eigenvalue weighted by molar-refractivity contribution is 5.76. The van der Waals surface area contributed by atoms with E-state index < -0.39 is 0 Å². The van der Waals surface area contributed by atoms with Gasteiger partial charge in [-0.2, -0.15) is 0 Å². The highest BCUT2D eigenvalue weighted by Gasteiger charge is 2.25. The van der Waals surface area contributed by atoms with Crippen molar-refractivity contribution in [2.45, 2.75) is 51.2 Å². The molecule has 1 aliphatic carbocycles. The molecule has 2 aliphatic rings. The standard InChI is InChI=1S/C26H33N5O/c32-26(27-22-11-5-2-6-12-22)30-17-15-29(16-18-30)20-25-28-23-13-7-8-14-24(23)31(25)19-21-9-3-1-4-10-21/h1,3-4,7-10,13-14,22H,2,5-6,11-12,15-20H2,(H,27,32). The molecule has 1 saturated carbocycles. The summed E-state index contributed by atoms with van der Waals surface area (Å²) in [7, 11) is 0. The molecule has 0 atom stereocenters. The van der Waals surface area contributed by atoms with Crippen LogP contribution >= 0.6 is 0 Å². The number of hydrogen-bond acceptors (Lipinski definition) is 3. The number of urea groups is 1. The molecule has 2 amide bonds. The zero-order chi connectivity index (χ0) is 21.8. The number of para-hydroxylation sites is 2. The smallest absolute Gasteiger partial charge is 0.317 e. The molecule has 0 unspecified atom stereocenters. The molecule has 2 heterocycles. The number of rotatable bonds is 5. The van der Waals surface area contributed by atoms with Crippen molar-refractivity contribution in [2.24, 2.45) is 0 Å². The van der Waals surface area contributed by atoms with E-state index in [0.29, 0.717) is 6.04 Å². The summed E-state index contributed by atoms with van der Waals surface area (Å²) in [5.41, 5.74) is 3.50. The third-order valence-corrected chi connectivity index (χ3v) is 6.87. The van der Waals surface area contributed by atoms with Gasteiger partial charge in [0, 0.05) is 38.8 Å². The van der Waals surface area contributed by atoms with Gasteiger partial charge in [0.25, 0.3) is 0 Å². The van der Waals surface area contributed by atoms with Gasteiger partial charge in [0.05, 0.1) is 17.6 Å². The van der Waals surface area contributed by atoms with E-state index in [-0.39, 0.29) is 6.03 Å². The molecule has 1 aromatic heterocycles. The van der Waals surface area contributed by atoms with E-state index in [1.165, 1.54) is 30.3 Å². The molecule has 6 nitrogen and oxygen atoms in total. The topological polar surface area (TPSA) is 53.4 Å². The molecule has 0 bridgehead atoms. The quantitative estimate of drug-likeness (QED) is 0.657. The third-order valence-electron chi connectivity index (χ3n) is 6.87.